The topological polar surface area (TPSA) is 79.6 Å². The molecule has 1 aromatic heterocycles. The Kier molecular flexibility index (Phi) is 4.33. The summed E-state index contributed by atoms with van der Waals surface area (Å²) in [7, 11) is 0. The molecule has 4 amide bonds. The first-order valence-corrected chi connectivity index (χ1v) is 8.35. The van der Waals surface area contributed by atoms with Crippen LogP contribution in [0, 0.1) is 5.82 Å². The van der Waals surface area contributed by atoms with Crippen molar-refractivity contribution in [2.75, 3.05) is 4.90 Å². The standard InChI is InChI=1S/C21H13FN2O4/c22-14-8-6-13(7-9-14)18-11-10-16(28-18)12-17-19(25)23-21(27)24(20(17)26)15-4-2-1-3-5-15/h1-12H,(H,23,25,27)/b17-12+. The monoisotopic (exact) mass is 376 g/mol. The first-order valence-electron chi connectivity index (χ1n) is 8.35. The van der Waals surface area contributed by atoms with Gasteiger partial charge < -0.3 is 4.42 Å². The van der Waals surface area contributed by atoms with E-state index in [0.29, 0.717) is 17.0 Å². The largest absolute Gasteiger partial charge is 0.457 e. The highest BCUT2D eigenvalue weighted by Crippen LogP contribution is 2.25. The van der Waals surface area contributed by atoms with Crippen molar-refractivity contribution in [3.63, 3.8) is 0 Å². The van der Waals surface area contributed by atoms with Gasteiger partial charge in [-0.15, -0.1) is 0 Å². The molecular formula is C21H13FN2O4. The van der Waals surface area contributed by atoms with Gasteiger partial charge in [0.05, 0.1) is 5.69 Å². The minimum Gasteiger partial charge on any atom is -0.457 e. The number of benzene rings is 2. The van der Waals surface area contributed by atoms with Gasteiger partial charge in [0.2, 0.25) is 0 Å². The number of hydrogen-bond acceptors (Lipinski definition) is 4. The molecule has 3 aromatic rings. The number of carbonyl (C=O) groups excluding carboxylic acids is 3. The number of nitrogens with one attached hydrogen (secondary N) is 1. The summed E-state index contributed by atoms with van der Waals surface area (Å²) in [6, 6.07) is 16.4. The van der Waals surface area contributed by atoms with Crippen LogP contribution < -0.4 is 10.2 Å². The Bertz CT molecular complexity index is 1100. The Balaban J connectivity index is 1.67. The summed E-state index contributed by atoms with van der Waals surface area (Å²) in [4.78, 5) is 37.9. The fourth-order valence-electron chi connectivity index (χ4n) is 2.81. The number of halogens is 1. The van der Waals surface area contributed by atoms with E-state index in [0.717, 1.165) is 4.90 Å². The maximum atomic E-state index is 13.1. The normalized spacial score (nSPS) is 15.8. The number of anilines is 1. The van der Waals surface area contributed by atoms with Gasteiger partial charge in [-0.25, -0.2) is 14.1 Å². The third-order valence-corrected chi connectivity index (χ3v) is 4.16. The Morgan fingerprint density at radius 3 is 2.32 bits per heavy atom. The number of nitrogens with zero attached hydrogens (tertiary/aromatic N) is 1. The Labute approximate surface area is 158 Å². The Morgan fingerprint density at radius 1 is 0.893 bits per heavy atom. The van der Waals surface area contributed by atoms with Crippen LogP contribution in [0.15, 0.2) is 76.7 Å². The molecule has 0 saturated carbocycles. The lowest BCUT2D eigenvalue weighted by molar-refractivity contribution is -0.122. The van der Waals surface area contributed by atoms with E-state index >= 15 is 0 Å². The number of hydrogen-bond donors (Lipinski definition) is 1. The van der Waals surface area contributed by atoms with Gasteiger partial charge in [-0.3, -0.25) is 14.9 Å². The second-order valence-electron chi connectivity index (χ2n) is 6.00. The Morgan fingerprint density at radius 2 is 1.61 bits per heavy atom. The predicted molar refractivity (Wildman–Crippen MR) is 99.5 cm³/mol. The first kappa shape index (κ1) is 17.4. The van der Waals surface area contributed by atoms with Crippen LogP contribution >= 0.6 is 0 Å². The van der Waals surface area contributed by atoms with Gasteiger partial charge in [-0.05, 0) is 54.6 Å². The van der Waals surface area contributed by atoms with Crippen LogP contribution in [-0.4, -0.2) is 17.8 Å². The lowest BCUT2D eigenvalue weighted by Crippen LogP contribution is -2.54. The minimum absolute atomic E-state index is 0.233. The average Bonchev–Trinajstić information content (AvgIpc) is 3.15. The third-order valence-electron chi connectivity index (χ3n) is 4.16. The number of urea groups is 1. The zero-order valence-corrected chi connectivity index (χ0v) is 14.4. The van der Waals surface area contributed by atoms with E-state index in [2.05, 4.69) is 5.32 Å². The maximum absolute atomic E-state index is 13.1. The molecule has 0 unspecified atom stereocenters. The molecule has 7 heteroatoms. The average molecular weight is 376 g/mol. The summed E-state index contributed by atoms with van der Waals surface area (Å²) in [5.41, 5.74) is 0.755. The van der Waals surface area contributed by atoms with Gasteiger partial charge in [0.15, 0.2) is 0 Å². The highest BCUT2D eigenvalue weighted by molar-refractivity contribution is 6.39. The van der Waals surface area contributed by atoms with Gasteiger partial charge in [0.1, 0.15) is 22.9 Å². The number of para-hydroxylation sites is 1. The van der Waals surface area contributed by atoms with E-state index in [1.807, 2.05) is 0 Å². The highest BCUT2D eigenvalue weighted by Gasteiger charge is 2.36. The number of rotatable bonds is 3. The Hall–Kier alpha value is -4.00. The van der Waals surface area contributed by atoms with Gasteiger partial charge in [-0.2, -0.15) is 0 Å². The molecule has 1 fully saturated rings. The van der Waals surface area contributed by atoms with Crippen LogP contribution in [0.3, 0.4) is 0 Å². The molecule has 2 heterocycles. The van der Waals surface area contributed by atoms with E-state index < -0.39 is 17.8 Å². The van der Waals surface area contributed by atoms with E-state index in [-0.39, 0.29) is 17.2 Å². The highest BCUT2D eigenvalue weighted by atomic mass is 19.1. The molecule has 0 atom stereocenters. The van der Waals surface area contributed by atoms with Crippen LogP contribution in [0.25, 0.3) is 17.4 Å². The summed E-state index contributed by atoms with van der Waals surface area (Å²) in [5, 5.41) is 2.15. The smallest absolute Gasteiger partial charge is 0.335 e. The lowest BCUT2D eigenvalue weighted by atomic mass is 10.1. The lowest BCUT2D eigenvalue weighted by Gasteiger charge is -2.26. The van der Waals surface area contributed by atoms with Crippen LogP contribution in [0.4, 0.5) is 14.9 Å². The molecule has 2 aromatic carbocycles. The van der Waals surface area contributed by atoms with Crippen molar-refractivity contribution >= 4 is 29.6 Å². The van der Waals surface area contributed by atoms with Crippen LogP contribution in [-0.2, 0) is 9.59 Å². The second-order valence-corrected chi connectivity index (χ2v) is 6.00. The summed E-state index contributed by atoms with van der Waals surface area (Å²) in [6.07, 6.45) is 1.27. The van der Waals surface area contributed by atoms with Crippen molar-refractivity contribution in [2.24, 2.45) is 0 Å². The second kappa shape index (κ2) is 6.96. The van der Waals surface area contributed by atoms with Crippen molar-refractivity contribution in [3.8, 4) is 11.3 Å². The predicted octanol–water partition coefficient (Wildman–Crippen LogP) is 3.75. The number of barbiturate groups is 1. The molecule has 138 valence electrons. The SMILES string of the molecule is O=C1NC(=O)N(c2ccccc2)C(=O)/C1=C/c1ccc(-c2ccc(F)cc2)o1. The number of imide groups is 2. The van der Waals surface area contributed by atoms with Crippen LogP contribution in [0.5, 0.6) is 0 Å². The molecule has 0 radical (unpaired) electrons. The van der Waals surface area contributed by atoms with Crippen molar-refractivity contribution in [2.45, 2.75) is 0 Å². The van der Waals surface area contributed by atoms with Crippen LogP contribution in [0.1, 0.15) is 5.76 Å². The van der Waals surface area contributed by atoms with E-state index in [1.165, 1.54) is 18.2 Å². The summed E-state index contributed by atoms with van der Waals surface area (Å²) < 4.78 is 18.7. The maximum Gasteiger partial charge on any atom is 0.335 e. The van der Waals surface area contributed by atoms with Crippen molar-refractivity contribution in [3.05, 3.63) is 83.9 Å². The molecule has 1 aliphatic heterocycles. The summed E-state index contributed by atoms with van der Waals surface area (Å²) in [6.45, 7) is 0. The molecule has 0 aliphatic carbocycles. The first-order chi connectivity index (χ1) is 13.5. The fraction of sp³-hybridized carbons (Fsp3) is 0. The van der Waals surface area contributed by atoms with Crippen molar-refractivity contribution in [1.82, 2.24) is 5.32 Å². The number of furan rings is 1. The van der Waals surface area contributed by atoms with Gasteiger partial charge >= 0.3 is 6.03 Å². The summed E-state index contributed by atoms with van der Waals surface area (Å²) >= 11 is 0. The molecule has 0 spiro atoms. The molecule has 1 aliphatic rings. The van der Waals surface area contributed by atoms with Gasteiger partial charge in [0, 0.05) is 5.56 Å². The molecular weight excluding hydrogens is 363 g/mol. The van der Waals surface area contributed by atoms with E-state index in [9.17, 15) is 18.8 Å². The minimum atomic E-state index is -0.815. The summed E-state index contributed by atoms with van der Waals surface area (Å²) in [5.74, 6) is -1.22. The quantitative estimate of drug-likeness (QED) is 0.558. The molecule has 4 rings (SSSR count). The zero-order valence-electron chi connectivity index (χ0n) is 14.4. The van der Waals surface area contributed by atoms with Gasteiger partial charge in [-0.1, -0.05) is 18.2 Å². The molecule has 1 N–H and O–H groups in total. The molecule has 6 nitrogen and oxygen atoms in total. The molecule has 0 bridgehead atoms. The number of carbonyl (C=O) groups is 3. The zero-order chi connectivity index (χ0) is 19.7. The van der Waals surface area contributed by atoms with E-state index in [4.69, 9.17) is 4.42 Å². The third kappa shape index (κ3) is 3.21. The van der Waals surface area contributed by atoms with Crippen molar-refractivity contribution in [1.29, 1.82) is 0 Å². The van der Waals surface area contributed by atoms with Crippen LogP contribution in [0.2, 0.25) is 0 Å². The molecule has 28 heavy (non-hydrogen) atoms. The molecule has 1 saturated heterocycles. The fourth-order valence-corrected chi connectivity index (χ4v) is 2.81. The van der Waals surface area contributed by atoms with Gasteiger partial charge in [0.25, 0.3) is 11.8 Å². The van der Waals surface area contributed by atoms with Crippen molar-refractivity contribution < 1.29 is 23.2 Å². The number of amides is 4. The van der Waals surface area contributed by atoms with E-state index in [1.54, 1.807) is 54.6 Å².